The molecule has 0 fully saturated rings. The van der Waals surface area contributed by atoms with Gasteiger partial charge in [-0.2, -0.15) is 0 Å². The summed E-state index contributed by atoms with van der Waals surface area (Å²) in [4.78, 5) is 49.3. The minimum atomic E-state index is -0.475. The topological polar surface area (TPSA) is 71.5 Å². The van der Waals surface area contributed by atoms with E-state index < -0.39 is 17.6 Å². The van der Waals surface area contributed by atoms with Crippen LogP contribution < -0.4 is 0 Å². The number of amides is 2. The predicted octanol–water partition coefficient (Wildman–Crippen LogP) is 3.09. The average Bonchev–Trinajstić information content (AvgIpc) is 2.51. The molecule has 1 aliphatic rings. The van der Waals surface area contributed by atoms with Crippen molar-refractivity contribution >= 4 is 23.4 Å². The van der Waals surface area contributed by atoms with Crippen LogP contribution in [0.4, 0.5) is 0 Å². The molecule has 0 aromatic carbocycles. The minimum absolute atomic E-state index is 0.111. The molecule has 1 rings (SSSR count). The van der Waals surface area contributed by atoms with Crippen LogP contribution in [0.1, 0.15) is 65.2 Å². The summed E-state index contributed by atoms with van der Waals surface area (Å²) in [6.07, 6.45) is 8.77. The monoisotopic (exact) mass is 319 g/mol. The number of unbranched alkanes of at least 4 members (excludes halogenated alkanes) is 4. The zero-order valence-electron chi connectivity index (χ0n) is 14.0. The van der Waals surface area contributed by atoms with Crippen LogP contribution in [0.3, 0.4) is 0 Å². The number of hydrogen-bond acceptors (Lipinski definition) is 4. The molecule has 0 aromatic heterocycles. The number of allylic oxidation sites excluding steroid dienone is 3. The Morgan fingerprint density at radius 1 is 0.870 bits per heavy atom. The molecule has 0 bridgehead atoms. The van der Waals surface area contributed by atoms with Crippen molar-refractivity contribution in [3.05, 3.63) is 23.9 Å². The lowest BCUT2D eigenvalue weighted by molar-refractivity contribution is -0.144. The number of carbonyl (C=O) groups excluding carboxylic acids is 4. The van der Waals surface area contributed by atoms with Crippen molar-refractivity contribution in [3.8, 4) is 0 Å². The van der Waals surface area contributed by atoms with Gasteiger partial charge in [0.1, 0.15) is 5.70 Å². The average molecular weight is 319 g/mol. The van der Waals surface area contributed by atoms with Crippen LogP contribution in [0.5, 0.6) is 0 Å². The van der Waals surface area contributed by atoms with Crippen molar-refractivity contribution < 1.29 is 19.2 Å². The minimum Gasteiger partial charge on any atom is -0.290 e. The lowest BCUT2D eigenvalue weighted by atomic mass is 10.1. The highest BCUT2D eigenvalue weighted by atomic mass is 16.2. The molecule has 0 atom stereocenters. The van der Waals surface area contributed by atoms with Gasteiger partial charge in [-0.15, -0.1) is 0 Å². The summed E-state index contributed by atoms with van der Waals surface area (Å²) in [5.41, 5.74) is -0.111. The molecule has 0 spiro atoms. The van der Waals surface area contributed by atoms with E-state index in [1.54, 1.807) is 0 Å². The summed E-state index contributed by atoms with van der Waals surface area (Å²) in [5.74, 6) is -1.66. The van der Waals surface area contributed by atoms with Crippen molar-refractivity contribution in [2.24, 2.45) is 0 Å². The van der Waals surface area contributed by atoms with Gasteiger partial charge in [-0.25, -0.2) is 4.90 Å². The van der Waals surface area contributed by atoms with Gasteiger partial charge in [-0.1, -0.05) is 39.5 Å². The van der Waals surface area contributed by atoms with Crippen LogP contribution in [0.15, 0.2) is 23.9 Å². The van der Waals surface area contributed by atoms with Crippen LogP contribution in [-0.2, 0) is 19.2 Å². The molecule has 2 amide bonds. The van der Waals surface area contributed by atoms with E-state index >= 15 is 0 Å². The van der Waals surface area contributed by atoms with Gasteiger partial charge in [0.05, 0.1) is 0 Å². The Balaban J connectivity index is 2.91. The lowest BCUT2D eigenvalue weighted by Gasteiger charge is -2.23. The lowest BCUT2D eigenvalue weighted by Crippen LogP contribution is -2.39. The van der Waals surface area contributed by atoms with E-state index in [0.717, 1.165) is 48.8 Å². The predicted molar refractivity (Wildman–Crippen MR) is 87.4 cm³/mol. The molecule has 23 heavy (non-hydrogen) atoms. The van der Waals surface area contributed by atoms with Crippen molar-refractivity contribution in [2.75, 3.05) is 0 Å². The van der Waals surface area contributed by atoms with Gasteiger partial charge in [0, 0.05) is 18.9 Å². The van der Waals surface area contributed by atoms with E-state index in [2.05, 4.69) is 0 Å². The Labute approximate surface area is 137 Å². The number of hydrogen-bond donors (Lipinski definition) is 0. The third-order valence-corrected chi connectivity index (χ3v) is 3.66. The van der Waals surface area contributed by atoms with E-state index in [9.17, 15) is 19.2 Å². The van der Waals surface area contributed by atoms with Gasteiger partial charge in [-0.3, -0.25) is 19.2 Å². The molecular formula is C18H25NO4. The third kappa shape index (κ3) is 5.93. The summed E-state index contributed by atoms with van der Waals surface area (Å²) < 4.78 is 0. The van der Waals surface area contributed by atoms with E-state index in [1.165, 1.54) is 0 Å². The highest BCUT2D eigenvalue weighted by Gasteiger charge is 2.29. The summed E-state index contributed by atoms with van der Waals surface area (Å²) in [5, 5.41) is 0. The van der Waals surface area contributed by atoms with Crippen molar-refractivity contribution in [3.63, 3.8) is 0 Å². The van der Waals surface area contributed by atoms with Gasteiger partial charge in [0.25, 0.3) is 0 Å². The van der Waals surface area contributed by atoms with E-state index in [0.29, 0.717) is 12.8 Å². The number of carbonyl (C=O) groups is 4. The zero-order valence-corrected chi connectivity index (χ0v) is 14.0. The Hall–Kier alpha value is -2.04. The largest absolute Gasteiger partial charge is 0.290 e. The van der Waals surface area contributed by atoms with Gasteiger partial charge >= 0.3 is 0 Å². The van der Waals surface area contributed by atoms with Crippen molar-refractivity contribution in [1.29, 1.82) is 0 Å². The highest BCUT2D eigenvalue weighted by Crippen LogP contribution is 2.17. The van der Waals surface area contributed by atoms with Crippen LogP contribution in [0.25, 0.3) is 0 Å². The summed E-state index contributed by atoms with van der Waals surface area (Å²) in [6, 6.07) is 0. The van der Waals surface area contributed by atoms with Crippen molar-refractivity contribution in [1.82, 2.24) is 4.90 Å². The number of imide groups is 1. The van der Waals surface area contributed by atoms with Crippen LogP contribution in [0.2, 0.25) is 0 Å². The third-order valence-electron chi connectivity index (χ3n) is 3.66. The first-order valence-electron chi connectivity index (χ1n) is 8.35. The van der Waals surface area contributed by atoms with E-state index in [4.69, 9.17) is 0 Å². The standard InChI is InChI=1S/C18H25NO4/c1-3-5-7-9-17(22)19(18(23)10-8-6-4-2)15-13-14(20)11-12-16(15)21/h11-13H,3-10H2,1-2H3. The van der Waals surface area contributed by atoms with Gasteiger partial charge in [-0.05, 0) is 25.0 Å². The Morgan fingerprint density at radius 3 is 1.87 bits per heavy atom. The van der Waals surface area contributed by atoms with E-state index in [-0.39, 0.29) is 24.3 Å². The fourth-order valence-electron chi connectivity index (χ4n) is 2.36. The van der Waals surface area contributed by atoms with Crippen LogP contribution in [0, 0.1) is 0 Å². The molecule has 0 saturated heterocycles. The Morgan fingerprint density at radius 2 is 1.39 bits per heavy atom. The first kappa shape index (κ1) is 19.0. The second-order valence-electron chi connectivity index (χ2n) is 5.67. The molecule has 0 N–H and O–H groups in total. The normalized spacial score (nSPS) is 13.9. The molecule has 0 unspecified atom stereocenters. The van der Waals surface area contributed by atoms with Crippen molar-refractivity contribution in [2.45, 2.75) is 65.2 Å². The molecule has 0 radical (unpaired) electrons. The first-order chi connectivity index (χ1) is 11.0. The molecular weight excluding hydrogens is 294 g/mol. The molecule has 0 saturated carbocycles. The fourth-order valence-corrected chi connectivity index (χ4v) is 2.36. The second-order valence-corrected chi connectivity index (χ2v) is 5.67. The number of nitrogens with zero attached hydrogens (tertiary/aromatic N) is 1. The Kier molecular flexibility index (Phi) is 8.16. The number of ketones is 2. The zero-order chi connectivity index (χ0) is 17.2. The van der Waals surface area contributed by atoms with Gasteiger partial charge < -0.3 is 0 Å². The Bertz CT molecular complexity index is 509. The fraction of sp³-hybridized carbons (Fsp3) is 0.556. The van der Waals surface area contributed by atoms with Gasteiger partial charge in [0.15, 0.2) is 5.78 Å². The second kappa shape index (κ2) is 9.87. The highest BCUT2D eigenvalue weighted by molar-refractivity contribution is 6.20. The number of rotatable bonds is 9. The molecule has 126 valence electrons. The molecule has 0 heterocycles. The molecule has 1 aliphatic carbocycles. The molecule has 5 nitrogen and oxygen atoms in total. The van der Waals surface area contributed by atoms with Crippen LogP contribution >= 0.6 is 0 Å². The smallest absolute Gasteiger partial charge is 0.233 e. The van der Waals surface area contributed by atoms with E-state index in [1.807, 2.05) is 13.8 Å². The quantitative estimate of drug-likeness (QED) is 0.483. The summed E-state index contributed by atoms with van der Waals surface area (Å²) in [7, 11) is 0. The molecule has 5 heteroatoms. The summed E-state index contributed by atoms with van der Waals surface area (Å²) in [6.45, 7) is 4.05. The molecule has 0 aromatic rings. The SMILES string of the molecule is CCCCCC(=O)N(C(=O)CCCCC)C1=CC(=O)C=CC1=O. The summed E-state index contributed by atoms with van der Waals surface area (Å²) >= 11 is 0. The van der Waals surface area contributed by atoms with Crippen LogP contribution in [-0.4, -0.2) is 28.3 Å². The maximum absolute atomic E-state index is 12.4. The maximum Gasteiger partial charge on any atom is 0.233 e. The van der Waals surface area contributed by atoms with Gasteiger partial charge in [0.2, 0.25) is 17.6 Å². The first-order valence-corrected chi connectivity index (χ1v) is 8.35. The molecule has 0 aliphatic heterocycles. The maximum atomic E-state index is 12.4.